The number of urea groups is 1. The summed E-state index contributed by atoms with van der Waals surface area (Å²) in [7, 11) is 1.45. The minimum absolute atomic E-state index is 0.130. The molecule has 98 valence electrons. The van der Waals surface area contributed by atoms with Crippen molar-refractivity contribution in [1.82, 2.24) is 10.2 Å². The van der Waals surface area contributed by atoms with Crippen molar-refractivity contribution in [2.45, 2.75) is 13.5 Å². The van der Waals surface area contributed by atoms with E-state index in [0.717, 1.165) is 16.7 Å². The molecular weight excluding hydrogens is 375 g/mol. The molecule has 0 spiro atoms. The number of aryl methyl sites for hydroxylation is 1. The summed E-state index contributed by atoms with van der Waals surface area (Å²) in [5.74, 6) is 2.81. The molecule has 0 radical (unpaired) electrons. The van der Waals surface area contributed by atoms with Gasteiger partial charge in [-0.15, -0.1) is 0 Å². The van der Waals surface area contributed by atoms with Gasteiger partial charge in [0.25, 0.3) is 0 Å². The molecular formula is C13H11IN2O2S. The Bertz CT molecular complexity index is 592. The monoisotopic (exact) mass is 386 g/mol. The average Bonchev–Trinajstić information content (AvgIpc) is 2.67. The zero-order valence-electron chi connectivity index (χ0n) is 10.2. The molecule has 1 aliphatic heterocycles. The Morgan fingerprint density at radius 2 is 2.26 bits per heavy atom. The second-order valence-corrected chi connectivity index (χ2v) is 5.84. The lowest BCUT2D eigenvalue weighted by Gasteiger charge is -2.13. The molecule has 3 amide bonds. The molecule has 1 aromatic carbocycles. The quantitative estimate of drug-likeness (QED) is 0.483. The molecule has 19 heavy (non-hydrogen) atoms. The van der Waals surface area contributed by atoms with Gasteiger partial charge in [-0.3, -0.25) is 10.1 Å². The molecule has 1 fully saturated rings. The van der Waals surface area contributed by atoms with Crippen molar-refractivity contribution in [1.29, 1.82) is 0 Å². The molecule has 1 saturated heterocycles. The fraction of sp³-hybridized carbons (Fsp3) is 0.231. The number of hydrogen-bond donors (Lipinski definition) is 1. The van der Waals surface area contributed by atoms with Crippen molar-refractivity contribution in [3.63, 3.8) is 0 Å². The number of carbonyl (C=O) groups excluding carboxylic acids is 2. The van der Waals surface area contributed by atoms with E-state index in [0.29, 0.717) is 6.54 Å². The third kappa shape index (κ3) is 3.64. The highest BCUT2D eigenvalue weighted by Gasteiger charge is 2.26. The average molecular weight is 386 g/mol. The van der Waals surface area contributed by atoms with Crippen LogP contribution < -0.4 is 5.32 Å². The summed E-state index contributed by atoms with van der Waals surface area (Å²) in [5, 5.41) is 5.21. The number of benzene rings is 1. The van der Waals surface area contributed by atoms with E-state index in [1.807, 2.05) is 25.1 Å². The van der Waals surface area contributed by atoms with Gasteiger partial charge in [0.05, 0.1) is 0 Å². The van der Waals surface area contributed by atoms with Gasteiger partial charge in [-0.2, -0.15) is 0 Å². The number of halogens is 1. The highest BCUT2D eigenvalue weighted by molar-refractivity contribution is 14.2. The minimum atomic E-state index is -0.326. The van der Waals surface area contributed by atoms with E-state index in [-0.39, 0.29) is 18.5 Å². The normalized spacial score (nSPS) is 14.1. The van der Waals surface area contributed by atoms with E-state index in [9.17, 15) is 9.59 Å². The molecule has 1 heterocycles. The second kappa shape index (κ2) is 6.30. The lowest BCUT2D eigenvalue weighted by molar-refractivity contribution is -0.118. The second-order valence-electron chi connectivity index (χ2n) is 4.16. The lowest BCUT2D eigenvalue weighted by atomic mass is 10.1. The first kappa shape index (κ1) is 14.2. The smallest absolute Gasteiger partial charge is 0.311 e. The minimum Gasteiger partial charge on any atom is -0.311 e. The standard InChI is InChI=1S/C13H11IN2O2S/c1-9-6-10(2-3-11(9)4-5-19-14)7-16-8-12(17)15-13(16)18/h2-3,6H,7-8H2,1H3,(H,15,17,18). The summed E-state index contributed by atoms with van der Waals surface area (Å²) in [6.45, 7) is 2.55. The first-order chi connectivity index (χ1) is 9.10. The van der Waals surface area contributed by atoms with Gasteiger partial charge in [0.1, 0.15) is 6.54 Å². The van der Waals surface area contributed by atoms with Gasteiger partial charge >= 0.3 is 6.03 Å². The molecule has 1 N–H and O–H groups in total. The maximum Gasteiger partial charge on any atom is 0.324 e. The van der Waals surface area contributed by atoms with Crippen molar-refractivity contribution < 1.29 is 9.59 Å². The third-order valence-corrected chi connectivity index (χ3v) is 3.60. The predicted molar refractivity (Wildman–Crippen MR) is 83.6 cm³/mol. The van der Waals surface area contributed by atoms with Gasteiger partial charge in [-0.25, -0.2) is 4.79 Å². The Morgan fingerprint density at radius 3 is 2.84 bits per heavy atom. The first-order valence-corrected chi connectivity index (χ1v) is 8.93. The molecule has 4 nitrogen and oxygen atoms in total. The van der Waals surface area contributed by atoms with Crippen LogP contribution in [0.15, 0.2) is 18.2 Å². The molecule has 0 saturated carbocycles. The first-order valence-electron chi connectivity index (χ1n) is 5.57. The zero-order chi connectivity index (χ0) is 13.8. The topological polar surface area (TPSA) is 49.4 Å². The number of nitrogens with zero attached hydrogens (tertiary/aromatic N) is 1. The van der Waals surface area contributed by atoms with Gasteiger partial charge in [-0.05, 0) is 38.3 Å². The van der Waals surface area contributed by atoms with E-state index in [1.54, 1.807) is 0 Å². The van der Waals surface area contributed by atoms with Crippen LogP contribution >= 0.6 is 30.1 Å². The van der Waals surface area contributed by atoms with Gasteiger partial charge < -0.3 is 4.90 Å². The summed E-state index contributed by atoms with van der Waals surface area (Å²) in [4.78, 5) is 24.0. The van der Waals surface area contributed by atoms with Crippen LogP contribution in [0.1, 0.15) is 16.7 Å². The van der Waals surface area contributed by atoms with Crippen molar-refractivity contribution in [2.24, 2.45) is 0 Å². The van der Waals surface area contributed by atoms with Crippen molar-refractivity contribution in [2.75, 3.05) is 6.54 Å². The van der Waals surface area contributed by atoms with E-state index in [2.05, 4.69) is 37.7 Å². The number of amides is 3. The van der Waals surface area contributed by atoms with Crippen LogP contribution in [0.25, 0.3) is 0 Å². The summed E-state index contributed by atoms with van der Waals surface area (Å²) >= 11 is 2.13. The van der Waals surface area contributed by atoms with Gasteiger partial charge in [0.2, 0.25) is 5.91 Å². The van der Waals surface area contributed by atoms with Crippen LogP contribution in [0, 0.1) is 18.1 Å². The Kier molecular flexibility index (Phi) is 4.71. The number of carbonyl (C=O) groups is 2. The highest BCUT2D eigenvalue weighted by Crippen LogP contribution is 2.15. The van der Waals surface area contributed by atoms with Gasteiger partial charge in [-0.1, -0.05) is 18.1 Å². The van der Waals surface area contributed by atoms with Crippen molar-refractivity contribution >= 4 is 42.1 Å². The fourth-order valence-corrected chi connectivity index (χ4v) is 2.35. The number of imide groups is 1. The highest BCUT2D eigenvalue weighted by atomic mass is 127. The molecule has 0 aliphatic carbocycles. The Labute approximate surface area is 127 Å². The molecule has 0 bridgehead atoms. The van der Waals surface area contributed by atoms with Crippen molar-refractivity contribution in [3.05, 3.63) is 34.9 Å². The molecule has 0 atom stereocenters. The Hall–Kier alpha value is -1.20. The zero-order valence-corrected chi connectivity index (χ0v) is 13.2. The largest absolute Gasteiger partial charge is 0.324 e. The SMILES string of the molecule is Cc1cc(CN2CC(=O)NC2=O)ccc1C#CSI. The van der Waals surface area contributed by atoms with E-state index in [1.165, 1.54) is 13.8 Å². The molecule has 1 aliphatic rings. The van der Waals surface area contributed by atoms with Crippen LogP contribution in [-0.2, 0) is 11.3 Å². The number of rotatable bonds is 2. The summed E-state index contributed by atoms with van der Waals surface area (Å²) in [6, 6.07) is 5.55. The number of hydrogen-bond acceptors (Lipinski definition) is 3. The van der Waals surface area contributed by atoms with Crippen LogP contribution in [0.3, 0.4) is 0 Å². The molecule has 6 heteroatoms. The maximum atomic E-state index is 11.5. The molecule has 1 aromatic rings. The lowest BCUT2D eigenvalue weighted by Crippen LogP contribution is -2.27. The summed E-state index contributed by atoms with van der Waals surface area (Å²) in [6.07, 6.45) is 0. The van der Waals surface area contributed by atoms with Crippen molar-refractivity contribution in [3.8, 4) is 11.2 Å². The Balaban J connectivity index is 2.12. The van der Waals surface area contributed by atoms with Crippen LogP contribution in [0.4, 0.5) is 4.79 Å². The van der Waals surface area contributed by atoms with Gasteiger partial charge in [0.15, 0.2) is 0 Å². The Morgan fingerprint density at radius 1 is 1.47 bits per heavy atom. The summed E-state index contributed by atoms with van der Waals surface area (Å²) in [5.41, 5.74) is 3.05. The molecule has 0 unspecified atom stereocenters. The third-order valence-electron chi connectivity index (χ3n) is 2.76. The van der Waals surface area contributed by atoms with E-state index in [4.69, 9.17) is 0 Å². The van der Waals surface area contributed by atoms with E-state index >= 15 is 0 Å². The maximum absolute atomic E-state index is 11.5. The molecule has 2 rings (SSSR count). The van der Waals surface area contributed by atoms with Crippen LogP contribution in [0.2, 0.25) is 0 Å². The van der Waals surface area contributed by atoms with E-state index < -0.39 is 0 Å². The predicted octanol–water partition coefficient (Wildman–Crippen LogP) is 2.44. The fourth-order valence-electron chi connectivity index (χ4n) is 1.87. The summed E-state index contributed by atoms with van der Waals surface area (Å²) < 4.78 is 0. The number of nitrogens with one attached hydrogen (secondary N) is 1. The van der Waals surface area contributed by atoms with Crippen LogP contribution in [0.5, 0.6) is 0 Å². The molecule has 0 aromatic heterocycles. The van der Waals surface area contributed by atoms with Crippen LogP contribution in [-0.4, -0.2) is 23.4 Å². The van der Waals surface area contributed by atoms with Gasteiger partial charge in [0, 0.05) is 33.3 Å².